The SMILES string of the molecule is Cc1cc2c(n1C(C)C(=O)NC(C)C)CCCC2=O. The summed E-state index contributed by atoms with van der Waals surface area (Å²) in [5, 5.41) is 2.93. The number of carbonyl (C=O) groups excluding carboxylic acids is 2. The summed E-state index contributed by atoms with van der Waals surface area (Å²) in [5.41, 5.74) is 2.83. The zero-order chi connectivity index (χ0) is 14.2. The van der Waals surface area contributed by atoms with Gasteiger partial charge in [0.2, 0.25) is 5.91 Å². The molecule has 0 spiro atoms. The van der Waals surface area contributed by atoms with Crippen LogP contribution in [0, 0.1) is 6.92 Å². The molecule has 1 atom stereocenters. The van der Waals surface area contributed by atoms with Gasteiger partial charge >= 0.3 is 0 Å². The van der Waals surface area contributed by atoms with Gasteiger partial charge in [0.15, 0.2) is 5.78 Å². The summed E-state index contributed by atoms with van der Waals surface area (Å²) in [5.74, 6) is 0.217. The van der Waals surface area contributed by atoms with Gasteiger partial charge in [-0.05, 0) is 46.6 Å². The van der Waals surface area contributed by atoms with E-state index in [-0.39, 0.29) is 23.8 Å². The largest absolute Gasteiger partial charge is 0.352 e. The Morgan fingerprint density at radius 3 is 2.63 bits per heavy atom. The van der Waals surface area contributed by atoms with E-state index in [1.807, 2.05) is 38.3 Å². The van der Waals surface area contributed by atoms with Crippen molar-refractivity contribution in [3.63, 3.8) is 0 Å². The quantitative estimate of drug-likeness (QED) is 0.909. The Labute approximate surface area is 114 Å². The van der Waals surface area contributed by atoms with Gasteiger partial charge in [0, 0.05) is 29.4 Å². The Balaban J connectivity index is 2.35. The lowest BCUT2D eigenvalue weighted by molar-refractivity contribution is -0.124. The Morgan fingerprint density at radius 2 is 2.00 bits per heavy atom. The standard InChI is InChI=1S/C15H22N2O2/c1-9(2)16-15(19)11(4)17-10(3)8-12-13(17)6-5-7-14(12)18/h8-9,11H,5-7H2,1-4H3,(H,16,19). The van der Waals surface area contributed by atoms with E-state index in [1.54, 1.807) is 0 Å². The fourth-order valence-electron chi connectivity index (χ4n) is 2.81. The summed E-state index contributed by atoms with van der Waals surface area (Å²) in [6.45, 7) is 7.76. The fraction of sp³-hybridized carbons (Fsp3) is 0.600. The highest BCUT2D eigenvalue weighted by Gasteiger charge is 2.27. The molecule has 1 heterocycles. The number of nitrogens with zero attached hydrogens (tertiary/aromatic N) is 1. The molecule has 19 heavy (non-hydrogen) atoms. The molecule has 0 aliphatic heterocycles. The number of ketones is 1. The molecule has 1 N–H and O–H groups in total. The molecule has 0 aromatic carbocycles. The van der Waals surface area contributed by atoms with Crippen molar-refractivity contribution in [3.05, 3.63) is 23.0 Å². The monoisotopic (exact) mass is 262 g/mol. The molecule has 0 radical (unpaired) electrons. The van der Waals surface area contributed by atoms with Crippen LogP contribution in [-0.2, 0) is 11.2 Å². The van der Waals surface area contributed by atoms with Crippen LogP contribution in [-0.4, -0.2) is 22.3 Å². The number of aryl methyl sites for hydroxylation is 1. The average Bonchev–Trinajstić information content (AvgIpc) is 2.65. The zero-order valence-electron chi connectivity index (χ0n) is 12.1. The molecule has 1 aromatic rings. The maximum absolute atomic E-state index is 12.2. The second-order valence-electron chi connectivity index (χ2n) is 5.63. The number of Topliss-reactive ketones (excluding diaryl/α,β-unsaturated/α-hetero) is 1. The van der Waals surface area contributed by atoms with E-state index in [0.717, 1.165) is 29.8 Å². The minimum Gasteiger partial charge on any atom is -0.352 e. The topological polar surface area (TPSA) is 51.1 Å². The summed E-state index contributed by atoms with van der Waals surface area (Å²) in [6.07, 6.45) is 2.39. The summed E-state index contributed by atoms with van der Waals surface area (Å²) in [6, 6.07) is 1.79. The van der Waals surface area contributed by atoms with Crippen molar-refractivity contribution in [1.82, 2.24) is 9.88 Å². The lowest BCUT2D eigenvalue weighted by Gasteiger charge is -2.22. The Bertz CT molecular complexity index is 514. The van der Waals surface area contributed by atoms with E-state index < -0.39 is 0 Å². The molecule has 0 saturated heterocycles. The van der Waals surface area contributed by atoms with Crippen molar-refractivity contribution >= 4 is 11.7 Å². The van der Waals surface area contributed by atoms with Crippen LogP contribution >= 0.6 is 0 Å². The van der Waals surface area contributed by atoms with Crippen LogP contribution in [0.5, 0.6) is 0 Å². The first-order chi connectivity index (χ1) is 8.91. The van der Waals surface area contributed by atoms with Crippen LogP contribution in [0.25, 0.3) is 0 Å². The normalized spacial score (nSPS) is 16.4. The highest BCUT2D eigenvalue weighted by molar-refractivity contribution is 5.98. The van der Waals surface area contributed by atoms with Crippen molar-refractivity contribution in [3.8, 4) is 0 Å². The van der Waals surface area contributed by atoms with Crippen LogP contribution in [0.1, 0.15) is 61.4 Å². The highest BCUT2D eigenvalue weighted by Crippen LogP contribution is 2.28. The van der Waals surface area contributed by atoms with Gasteiger partial charge in [-0.25, -0.2) is 0 Å². The van der Waals surface area contributed by atoms with Gasteiger partial charge in [-0.15, -0.1) is 0 Å². The highest BCUT2D eigenvalue weighted by atomic mass is 16.2. The molecule has 1 amide bonds. The van der Waals surface area contributed by atoms with Gasteiger partial charge in [-0.3, -0.25) is 9.59 Å². The summed E-state index contributed by atoms with van der Waals surface area (Å²) < 4.78 is 2.02. The van der Waals surface area contributed by atoms with E-state index in [9.17, 15) is 9.59 Å². The third-order valence-electron chi connectivity index (χ3n) is 3.65. The second-order valence-corrected chi connectivity index (χ2v) is 5.63. The van der Waals surface area contributed by atoms with Crippen molar-refractivity contribution in [1.29, 1.82) is 0 Å². The lowest BCUT2D eigenvalue weighted by Crippen LogP contribution is -2.36. The number of aromatic nitrogens is 1. The first kappa shape index (κ1) is 13.8. The number of rotatable bonds is 3. The number of nitrogens with one attached hydrogen (secondary N) is 1. The molecule has 2 rings (SSSR count). The van der Waals surface area contributed by atoms with E-state index in [0.29, 0.717) is 6.42 Å². The predicted octanol–water partition coefficient (Wildman–Crippen LogP) is 2.40. The molecule has 4 nitrogen and oxygen atoms in total. The number of hydrogen-bond acceptors (Lipinski definition) is 2. The molecule has 1 aromatic heterocycles. The van der Waals surface area contributed by atoms with E-state index in [2.05, 4.69) is 5.32 Å². The van der Waals surface area contributed by atoms with Crippen LogP contribution in [0.4, 0.5) is 0 Å². The third kappa shape index (κ3) is 2.57. The maximum Gasteiger partial charge on any atom is 0.242 e. The maximum atomic E-state index is 12.2. The van der Waals surface area contributed by atoms with Gasteiger partial charge in [0.05, 0.1) is 0 Å². The van der Waals surface area contributed by atoms with E-state index >= 15 is 0 Å². The minimum absolute atomic E-state index is 0.00882. The van der Waals surface area contributed by atoms with Gasteiger partial charge in [0.25, 0.3) is 0 Å². The number of fused-ring (bicyclic) bond motifs is 1. The molecular formula is C15H22N2O2. The molecule has 0 fully saturated rings. The Hall–Kier alpha value is -1.58. The second kappa shape index (κ2) is 5.19. The molecular weight excluding hydrogens is 240 g/mol. The first-order valence-corrected chi connectivity index (χ1v) is 6.96. The van der Waals surface area contributed by atoms with Gasteiger partial charge in [0.1, 0.15) is 6.04 Å². The smallest absolute Gasteiger partial charge is 0.242 e. The number of carbonyl (C=O) groups is 2. The summed E-state index contributed by atoms with van der Waals surface area (Å²) >= 11 is 0. The molecule has 104 valence electrons. The lowest BCUT2D eigenvalue weighted by atomic mass is 9.96. The predicted molar refractivity (Wildman–Crippen MR) is 74.4 cm³/mol. The van der Waals surface area contributed by atoms with Crippen molar-refractivity contribution in [2.24, 2.45) is 0 Å². The van der Waals surface area contributed by atoms with Crippen molar-refractivity contribution < 1.29 is 9.59 Å². The summed E-state index contributed by atoms with van der Waals surface area (Å²) in [4.78, 5) is 24.1. The van der Waals surface area contributed by atoms with E-state index in [4.69, 9.17) is 0 Å². The van der Waals surface area contributed by atoms with Crippen LogP contribution in [0.2, 0.25) is 0 Å². The Morgan fingerprint density at radius 1 is 1.32 bits per heavy atom. The van der Waals surface area contributed by atoms with Crippen LogP contribution in [0.3, 0.4) is 0 Å². The van der Waals surface area contributed by atoms with Gasteiger partial charge in [-0.2, -0.15) is 0 Å². The average molecular weight is 262 g/mol. The minimum atomic E-state index is -0.267. The van der Waals surface area contributed by atoms with Crippen LogP contribution < -0.4 is 5.32 Å². The first-order valence-electron chi connectivity index (χ1n) is 6.96. The molecule has 1 aliphatic rings. The van der Waals surface area contributed by atoms with Crippen molar-refractivity contribution in [2.75, 3.05) is 0 Å². The van der Waals surface area contributed by atoms with Crippen LogP contribution in [0.15, 0.2) is 6.07 Å². The number of amides is 1. The third-order valence-corrected chi connectivity index (χ3v) is 3.65. The molecule has 4 heteroatoms. The zero-order valence-corrected chi connectivity index (χ0v) is 12.1. The van der Waals surface area contributed by atoms with Gasteiger partial charge in [-0.1, -0.05) is 0 Å². The molecule has 0 saturated carbocycles. The molecule has 0 bridgehead atoms. The fourth-order valence-corrected chi connectivity index (χ4v) is 2.81. The molecule has 1 unspecified atom stereocenters. The van der Waals surface area contributed by atoms with E-state index in [1.165, 1.54) is 0 Å². The van der Waals surface area contributed by atoms with Crippen molar-refractivity contribution in [2.45, 2.75) is 59.0 Å². The molecule has 1 aliphatic carbocycles. The van der Waals surface area contributed by atoms with Gasteiger partial charge < -0.3 is 9.88 Å². The summed E-state index contributed by atoms with van der Waals surface area (Å²) in [7, 11) is 0. The number of hydrogen-bond donors (Lipinski definition) is 1. The Kier molecular flexibility index (Phi) is 3.78.